The largest absolute Gasteiger partial charge is 0.325 e. The van der Waals surface area contributed by atoms with Crippen molar-refractivity contribution in [2.45, 2.75) is 95.4 Å². The second kappa shape index (κ2) is 8.82. The van der Waals surface area contributed by atoms with Gasteiger partial charge in [-0.25, -0.2) is 8.78 Å². The van der Waals surface area contributed by atoms with Crippen molar-refractivity contribution < 1.29 is 8.78 Å². The van der Waals surface area contributed by atoms with E-state index in [4.69, 9.17) is 5.73 Å². The van der Waals surface area contributed by atoms with Crippen molar-refractivity contribution in [3.63, 3.8) is 0 Å². The van der Waals surface area contributed by atoms with Gasteiger partial charge in [-0.2, -0.15) is 5.10 Å². The molecule has 2 aliphatic rings. The third kappa shape index (κ3) is 4.09. The lowest BCUT2D eigenvalue weighted by Gasteiger charge is -2.30. The number of aromatic amines is 1. The molecule has 0 saturated heterocycles. The predicted octanol–water partition coefficient (Wildman–Crippen LogP) is 5.88. The number of hydrogen-bond donors (Lipinski definition) is 2. The van der Waals surface area contributed by atoms with Crippen molar-refractivity contribution in [3.05, 3.63) is 39.3 Å². The number of nitrogens with zero attached hydrogens (tertiary/aromatic N) is 2. The summed E-state index contributed by atoms with van der Waals surface area (Å²) >= 11 is 0. The molecular formula is C26H34F2N4O. The van der Waals surface area contributed by atoms with E-state index in [1.807, 2.05) is 0 Å². The number of pyridine rings is 1. The average molecular weight is 457 g/mol. The predicted molar refractivity (Wildman–Crippen MR) is 128 cm³/mol. The number of rotatable bonds is 5. The van der Waals surface area contributed by atoms with Gasteiger partial charge in [0.1, 0.15) is 5.52 Å². The Hall–Kier alpha value is -2.28. The first-order valence-electron chi connectivity index (χ1n) is 12.5. The van der Waals surface area contributed by atoms with Crippen LogP contribution in [0, 0.1) is 6.92 Å². The summed E-state index contributed by atoms with van der Waals surface area (Å²) in [4.78, 5) is 13.4. The number of aromatic nitrogens is 3. The Morgan fingerprint density at radius 2 is 1.61 bits per heavy atom. The molecule has 0 amide bonds. The molecule has 7 heteroatoms. The monoisotopic (exact) mass is 456 g/mol. The van der Waals surface area contributed by atoms with E-state index in [-0.39, 0.29) is 0 Å². The topological polar surface area (TPSA) is 76.7 Å². The third-order valence-corrected chi connectivity index (χ3v) is 7.93. The molecule has 2 aromatic heterocycles. The number of fused-ring (bicyclic) bond motifs is 3. The van der Waals surface area contributed by atoms with E-state index in [0.717, 1.165) is 18.2 Å². The van der Waals surface area contributed by atoms with E-state index in [2.05, 4.69) is 22.3 Å². The standard InChI is InChI=1S/C26H34F2N4O/c1-16-23-24(31-30-16)21-12-19(17-8-4-2-5-9-17)20(18-10-6-3-7-11-18)13-22(21)32(25(23)33)15-26(27,28)14-29/h12-13,17-18H,2-11,14-15,29H2,1H3,(H,30,31). The first kappa shape index (κ1) is 22.5. The van der Waals surface area contributed by atoms with Gasteiger partial charge in [0.05, 0.1) is 24.0 Å². The number of halogens is 2. The number of hydrogen-bond acceptors (Lipinski definition) is 3. The molecule has 2 saturated carbocycles. The van der Waals surface area contributed by atoms with Crippen LogP contribution in [-0.2, 0) is 6.54 Å². The molecule has 5 nitrogen and oxygen atoms in total. The summed E-state index contributed by atoms with van der Waals surface area (Å²) in [6, 6.07) is 4.25. The number of benzene rings is 1. The van der Waals surface area contributed by atoms with E-state index in [0.29, 0.717) is 33.9 Å². The Labute approximate surface area is 192 Å². The van der Waals surface area contributed by atoms with Crippen LogP contribution in [0.2, 0.25) is 0 Å². The fourth-order valence-corrected chi connectivity index (χ4v) is 6.15. The second-order valence-corrected chi connectivity index (χ2v) is 10.2. The van der Waals surface area contributed by atoms with E-state index in [1.165, 1.54) is 67.1 Å². The van der Waals surface area contributed by atoms with Crippen LogP contribution in [0.25, 0.3) is 21.8 Å². The molecule has 2 aliphatic carbocycles. The van der Waals surface area contributed by atoms with Crippen LogP contribution in [0.4, 0.5) is 8.78 Å². The maximum Gasteiger partial charge on any atom is 0.277 e. The fraction of sp³-hybridized carbons (Fsp3) is 0.615. The van der Waals surface area contributed by atoms with Gasteiger partial charge in [-0.15, -0.1) is 0 Å². The second-order valence-electron chi connectivity index (χ2n) is 10.2. The molecule has 0 aliphatic heterocycles. The fourth-order valence-electron chi connectivity index (χ4n) is 6.15. The lowest BCUT2D eigenvalue weighted by Crippen LogP contribution is -2.37. The Balaban J connectivity index is 1.80. The minimum Gasteiger partial charge on any atom is -0.325 e. The summed E-state index contributed by atoms with van der Waals surface area (Å²) in [6.45, 7) is 0.262. The van der Waals surface area contributed by atoms with Crippen LogP contribution < -0.4 is 11.3 Å². The highest BCUT2D eigenvalue weighted by Gasteiger charge is 2.31. The molecule has 2 heterocycles. The number of nitrogens with one attached hydrogen (secondary N) is 1. The van der Waals surface area contributed by atoms with E-state index in [9.17, 15) is 13.6 Å². The first-order chi connectivity index (χ1) is 15.9. The van der Waals surface area contributed by atoms with Crippen molar-refractivity contribution in [2.24, 2.45) is 5.73 Å². The molecule has 1 aromatic carbocycles. The van der Waals surface area contributed by atoms with Gasteiger partial charge in [0.15, 0.2) is 0 Å². The normalized spacial score (nSPS) is 19.0. The third-order valence-electron chi connectivity index (χ3n) is 7.93. The van der Waals surface area contributed by atoms with Gasteiger partial charge in [0.25, 0.3) is 11.5 Å². The first-order valence-corrected chi connectivity index (χ1v) is 12.5. The molecule has 0 unspecified atom stereocenters. The van der Waals surface area contributed by atoms with Gasteiger partial charge >= 0.3 is 0 Å². The average Bonchev–Trinajstić information content (AvgIpc) is 3.24. The number of aryl methyl sites for hydroxylation is 1. The molecule has 0 bridgehead atoms. The lowest BCUT2D eigenvalue weighted by molar-refractivity contribution is -0.00624. The van der Waals surface area contributed by atoms with E-state index in [1.54, 1.807) is 6.92 Å². The molecule has 33 heavy (non-hydrogen) atoms. The Bertz CT molecular complexity index is 1220. The zero-order chi connectivity index (χ0) is 23.2. The van der Waals surface area contributed by atoms with Crippen molar-refractivity contribution >= 4 is 21.8 Å². The zero-order valence-corrected chi connectivity index (χ0v) is 19.4. The molecule has 3 aromatic rings. The van der Waals surface area contributed by atoms with Crippen LogP contribution in [-0.4, -0.2) is 27.2 Å². The smallest absolute Gasteiger partial charge is 0.277 e. The summed E-state index contributed by atoms with van der Waals surface area (Å²) in [5.74, 6) is -2.24. The Morgan fingerprint density at radius 3 is 2.18 bits per heavy atom. The van der Waals surface area contributed by atoms with Crippen molar-refractivity contribution in [1.82, 2.24) is 14.8 Å². The number of nitrogens with two attached hydrogens (primary N) is 1. The molecule has 0 radical (unpaired) electrons. The maximum atomic E-state index is 14.5. The van der Waals surface area contributed by atoms with Gasteiger partial charge in [0, 0.05) is 11.1 Å². The number of alkyl halides is 2. The Kier molecular flexibility index (Phi) is 6.02. The summed E-state index contributed by atoms with van der Waals surface area (Å²) in [6.07, 6.45) is 12.0. The van der Waals surface area contributed by atoms with Gasteiger partial charge in [0.2, 0.25) is 0 Å². The van der Waals surface area contributed by atoms with Crippen LogP contribution >= 0.6 is 0 Å². The molecule has 5 rings (SSSR count). The van der Waals surface area contributed by atoms with Crippen LogP contribution in [0.1, 0.15) is 92.9 Å². The quantitative estimate of drug-likeness (QED) is 0.504. The molecule has 0 atom stereocenters. The van der Waals surface area contributed by atoms with Crippen LogP contribution in [0.3, 0.4) is 0 Å². The van der Waals surface area contributed by atoms with Crippen molar-refractivity contribution in [2.75, 3.05) is 6.54 Å². The molecule has 2 fully saturated rings. The van der Waals surface area contributed by atoms with Crippen LogP contribution in [0.5, 0.6) is 0 Å². The van der Waals surface area contributed by atoms with Crippen molar-refractivity contribution in [1.29, 1.82) is 0 Å². The lowest BCUT2D eigenvalue weighted by atomic mass is 9.75. The van der Waals surface area contributed by atoms with E-state index < -0.39 is 24.6 Å². The summed E-state index contributed by atoms with van der Waals surface area (Å²) in [5, 5.41) is 8.55. The molecule has 3 N–H and O–H groups in total. The van der Waals surface area contributed by atoms with Gasteiger partial charge in [-0.05, 0) is 67.7 Å². The highest BCUT2D eigenvalue weighted by molar-refractivity contribution is 6.04. The summed E-state index contributed by atoms with van der Waals surface area (Å²) in [5.41, 5.74) is 9.32. The van der Waals surface area contributed by atoms with Gasteiger partial charge in [-0.1, -0.05) is 38.5 Å². The minimum absolute atomic E-state index is 0.398. The molecule has 0 spiro atoms. The number of H-pyrrole nitrogens is 1. The summed E-state index contributed by atoms with van der Waals surface area (Å²) < 4.78 is 30.2. The highest BCUT2D eigenvalue weighted by Crippen LogP contribution is 2.43. The van der Waals surface area contributed by atoms with Gasteiger partial charge < -0.3 is 10.3 Å². The van der Waals surface area contributed by atoms with E-state index >= 15 is 0 Å². The SMILES string of the molecule is Cc1[nH]nc2c1c(=O)n(CC(F)(F)CN)c1cc(C3CCCCC3)c(C3CCCCC3)cc21. The highest BCUT2D eigenvalue weighted by atomic mass is 19.3. The minimum atomic E-state index is -3.16. The molecule has 178 valence electrons. The van der Waals surface area contributed by atoms with Crippen molar-refractivity contribution in [3.8, 4) is 0 Å². The summed E-state index contributed by atoms with van der Waals surface area (Å²) in [7, 11) is 0. The molecular weight excluding hydrogens is 422 g/mol. The maximum absolute atomic E-state index is 14.5. The van der Waals surface area contributed by atoms with Gasteiger partial charge in [-0.3, -0.25) is 9.89 Å². The Morgan fingerprint density at radius 1 is 1.03 bits per heavy atom. The van der Waals surface area contributed by atoms with Crippen LogP contribution in [0.15, 0.2) is 16.9 Å². The zero-order valence-electron chi connectivity index (χ0n) is 19.4.